The van der Waals surface area contributed by atoms with Gasteiger partial charge in [-0.3, -0.25) is 0 Å². The second-order valence-electron chi connectivity index (χ2n) is 7.74. The van der Waals surface area contributed by atoms with Crippen molar-refractivity contribution in [1.29, 1.82) is 0 Å². The third-order valence-corrected chi connectivity index (χ3v) is 6.61. The Balaban J connectivity index is 1.65. The Hall–Kier alpha value is -0.760. The number of nitrogens with two attached hydrogens (primary N) is 1. The van der Waals surface area contributed by atoms with Crippen LogP contribution in [0, 0.1) is 29.6 Å². The summed E-state index contributed by atoms with van der Waals surface area (Å²) in [7, 11) is 2.20. The molecule has 1 aromatic heterocycles. The Labute approximate surface area is 122 Å². The molecule has 4 saturated carbocycles. The van der Waals surface area contributed by atoms with Crippen molar-refractivity contribution in [2.75, 3.05) is 6.54 Å². The summed E-state index contributed by atoms with van der Waals surface area (Å²) in [6.07, 6.45) is 11.0. The molecule has 4 bridgehead atoms. The van der Waals surface area contributed by atoms with E-state index in [1.54, 1.807) is 6.42 Å². The normalized spacial score (nSPS) is 40.2. The first-order valence-electron chi connectivity index (χ1n) is 8.57. The zero-order chi connectivity index (χ0) is 13.7. The van der Waals surface area contributed by atoms with Crippen LogP contribution in [0.4, 0.5) is 0 Å². The standard InChI is InChI=1S/C18H28N2/c1-20-6-2-3-17(20)16(4-5-19)18-14-8-12-7-13(10-14)11-15(18)9-12/h2-3,6,12-16,18H,4-5,7-11,19H2,1H3. The highest BCUT2D eigenvalue weighted by molar-refractivity contribution is 5.17. The van der Waals surface area contributed by atoms with Crippen LogP contribution in [0.5, 0.6) is 0 Å². The Morgan fingerprint density at radius 2 is 1.80 bits per heavy atom. The van der Waals surface area contributed by atoms with Crippen molar-refractivity contribution in [3.05, 3.63) is 24.0 Å². The molecule has 0 saturated heterocycles. The minimum atomic E-state index is 0.704. The molecule has 1 aromatic rings. The molecule has 1 atom stereocenters. The number of hydrogen-bond donors (Lipinski definition) is 1. The van der Waals surface area contributed by atoms with Crippen LogP contribution < -0.4 is 5.73 Å². The second-order valence-corrected chi connectivity index (χ2v) is 7.74. The van der Waals surface area contributed by atoms with Crippen LogP contribution in [0.15, 0.2) is 18.3 Å². The topological polar surface area (TPSA) is 30.9 Å². The molecule has 0 amide bonds. The summed E-state index contributed by atoms with van der Waals surface area (Å²) in [5.41, 5.74) is 7.50. The molecule has 110 valence electrons. The van der Waals surface area contributed by atoms with Gasteiger partial charge >= 0.3 is 0 Å². The Morgan fingerprint density at radius 3 is 2.30 bits per heavy atom. The van der Waals surface area contributed by atoms with Crippen LogP contribution in [0.3, 0.4) is 0 Å². The maximum Gasteiger partial charge on any atom is 0.0206 e. The van der Waals surface area contributed by atoms with E-state index in [1.165, 1.54) is 37.8 Å². The van der Waals surface area contributed by atoms with E-state index in [9.17, 15) is 0 Å². The third kappa shape index (κ3) is 1.95. The van der Waals surface area contributed by atoms with Crippen LogP contribution in [0.1, 0.15) is 50.1 Å². The molecule has 4 aliphatic rings. The zero-order valence-electron chi connectivity index (χ0n) is 12.7. The molecular formula is C18H28N2. The maximum atomic E-state index is 5.97. The molecular weight excluding hydrogens is 244 g/mol. The molecule has 2 heteroatoms. The number of aryl methyl sites for hydroxylation is 1. The van der Waals surface area contributed by atoms with Gasteiger partial charge in [-0.05, 0) is 86.8 Å². The molecule has 0 aromatic carbocycles. The van der Waals surface area contributed by atoms with Crippen molar-refractivity contribution in [3.63, 3.8) is 0 Å². The average Bonchev–Trinajstić information content (AvgIpc) is 2.82. The SMILES string of the molecule is Cn1cccc1C(CCN)C1C2CC3CC(C2)CC1C3. The molecule has 2 nitrogen and oxygen atoms in total. The molecule has 20 heavy (non-hydrogen) atoms. The quantitative estimate of drug-likeness (QED) is 0.893. The van der Waals surface area contributed by atoms with E-state index in [1.807, 2.05) is 0 Å². The first-order valence-corrected chi connectivity index (χ1v) is 8.57. The van der Waals surface area contributed by atoms with E-state index >= 15 is 0 Å². The summed E-state index contributed by atoms with van der Waals surface area (Å²) < 4.78 is 2.34. The fourth-order valence-corrected chi connectivity index (χ4v) is 6.20. The van der Waals surface area contributed by atoms with Crippen molar-refractivity contribution in [2.24, 2.45) is 42.4 Å². The highest BCUT2D eigenvalue weighted by Crippen LogP contribution is 2.60. The minimum absolute atomic E-state index is 0.704. The smallest absolute Gasteiger partial charge is 0.0206 e. The van der Waals surface area contributed by atoms with Gasteiger partial charge in [0.2, 0.25) is 0 Å². The highest BCUT2D eigenvalue weighted by atomic mass is 14.9. The van der Waals surface area contributed by atoms with Gasteiger partial charge in [0.05, 0.1) is 0 Å². The van der Waals surface area contributed by atoms with Crippen molar-refractivity contribution in [2.45, 2.75) is 44.4 Å². The third-order valence-electron chi connectivity index (χ3n) is 6.61. The molecule has 1 heterocycles. The molecule has 0 radical (unpaired) electrons. The summed E-state index contributed by atoms with van der Waals surface area (Å²) in [5.74, 6) is 5.76. The predicted molar refractivity (Wildman–Crippen MR) is 82.4 cm³/mol. The van der Waals surface area contributed by atoms with Gasteiger partial charge in [0, 0.05) is 24.9 Å². The van der Waals surface area contributed by atoms with Crippen molar-refractivity contribution < 1.29 is 0 Å². The van der Waals surface area contributed by atoms with Gasteiger partial charge in [-0.15, -0.1) is 0 Å². The lowest BCUT2D eigenvalue weighted by atomic mass is 9.49. The van der Waals surface area contributed by atoms with Crippen molar-refractivity contribution >= 4 is 0 Å². The van der Waals surface area contributed by atoms with E-state index in [4.69, 9.17) is 5.73 Å². The molecule has 4 fully saturated rings. The molecule has 4 aliphatic carbocycles. The molecule has 0 aliphatic heterocycles. The van der Waals surface area contributed by atoms with Gasteiger partial charge in [-0.25, -0.2) is 0 Å². The summed E-state index contributed by atoms with van der Waals surface area (Å²) in [5, 5.41) is 0. The molecule has 0 spiro atoms. The number of aromatic nitrogens is 1. The van der Waals surface area contributed by atoms with Gasteiger partial charge in [-0.2, -0.15) is 0 Å². The summed E-state index contributed by atoms with van der Waals surface area (Å²) in [6.45, 7) is 0.832. The second kappa shape index (κ2) is 4.91. The largest absolute Gasteiger partial charge is 0.354 e. The molecule has 5 rings (SSSR count). The van der Waals surface area contributed by atoms with E-state index in [0.717, 1.165) is 36.1 Å². The molecule has 1 unspecified atom stereocenters. The lowest BCUT2D eigenvalue weighted by molar-refractivity contribution is -0.0494. The van der Waals surface area contributed by atoms with Crippen LogP contribution in [0.25, 0.3) is 0 Å². The summed E-state index contributed by atoms with van der Waals surface area (Å²) in [6, 6.07) is 4.54. The van der Waals surface area contributed by atoms with Gasteiger partial charge in [0.1, 0.15) is 0 Å². The summed E-state index contributed by atoms with van der Waals surface area (Å²) >= 11 is 0. The highest BCUT2D eigenvalue weighted by Gasteiger charge is 2.50. The van der Waals surface area contributed by atoms with E-state index in [0.29, 0.717) is 5.92 Å². The van der Waals surface area contributed by atoms with E-state index < -0.39 is 0 Å². The van der Waals surface area contributed by atoms with Gasteiger partial charge in [0.25, 0.3) is 0 Å². The first kappa shape index (κ1) is 12.9. The van der Waals surface area contributed by atoms with Crippen LogP contribution in [-0.2, 0) is 7.05 Å². The van der Waals surface area contributed by atoms with Gasteiger partial charge in [-0.1, -0.05) is 0 Å². The van der Waals surface area contributed by atoms with Crippen LogP contribution in [0.2, 0.25) is 0 Å². The zero-order valence-corrected chi connectivity index (χ0v) is 12.7. The summed E-state index contributed by atoms with van der Waals surface area (Å²) in [4.78, 5) is 0. The first-order chi connectivity index (χ1) is 9.76. The lowest BCUT2D eigenvalue weighted by Gasteiger charge is -2.56. The minimum Gasteiger partial charge on any atom is -0.354 e. The maximum absolute atomic E-state index is 5.97. The monoisotopic (exact) mass is 272 g/mol. The number of nitrogens with zero attached hydrogens (tertiary/aromatic N) is 1. The fraction of sp³-hybridized carbons (Fsp3) is 0.778. The molecule has 2 N–H and O–H groups in total. The Kier molecular flexibility index (Phi) is 3.17. The van der Waals surface area contributed by atoms with Crippen LogP contribution >= 0.6 is 0 Å². The number of rotatable bonds is 4. The van der Waals surface area contributed by atoms with Gasteiger partial charge in [0.15, 0.2) is 0 Å². The van der Waals surface area contributed by atoms with E-state index in [2.05, 4.69) is 29.9 Å². The van der Waals surface area contributed by atoms with Crippen molar-refractivity contribution in [3.8, 4) is 0 Å². The van der Waals surface area contributed by atoms with Crippen molar-refractivity contribution in [1.82, 2.24) is 4.57 Å². The Morgan fingerprint density at radius 1 is 1.15 bits per heavy atom. The average molecular weight is 272 g/mol. The van der Waals surface area contributed by atoms with Gasteiger partial charge < -0.3 is 10.3 Å². The fourth-order valence-electron chi connectivity index (χ4n) is 6.20. The number of hydrogen-bond acceptors (Lipinski definition) is 1. The Bertz CT molecular complexity index is 448. The predicted octanol–water partition coefficient (Wildman–Crippen LogP) is 3.53. The van der Waals surface area contributed by atoms with E-state index in [-0.39, 0.29) is 0 Å². The lowest BCUT2D eigenvalue weighted by Crippen LogP contribution is -2.47. The van der Waals surface area contributed by atoms with Crippen LogP contribution in [-0.4, -0.2) is 11.1 Å².